The lowest BCUT2D eigenvalue weighted by molar-refractivity contribution is 0.0460. The van der Waals surface area contributed by atoms with Crippen molar-refractivity contribution in [2.75, 3.05) is 0 Å². The minimum Gasteiger partial charge on any atom is -0.456 e. The van der Waals surface area contributed by atoms with Crippen LogP contribution in [0.3, 0.4) is 0 Å². The molecule has 0 unspecified atom stereocenters. The van der Waals surface area contributed by atoms with Crippen molar-refractivity contribution in [2.24, 2.45) is 0 Å². The van der Waals surface area contributed by atoms with Gasteiger partial charge in [0.1, 0.15) is 19.0 Å². The molecule has 0 spiro atoms. The van der Waals surface area contributed by atoms with Gasteiger partial charge in [0.15, 0.2) is 5.69 Å². The van der Waals surface area contributed by atoms with Gasteiger partial charge in [-0.3, -0.25) is 0 Å². The maximum Gasteiger partial charge on any atom is 0.435 e. The fraction of sp³-hybridized carbons (Fsp3) is 0.333. The molecule has 0 atom stereocenters. The van der Waals surface area contributed by atoms with Crippen LogP contribution >= 0.6 is 0 Å². The highest BCUT2D eigenvalue weighted by molar-refractivity contribution is 5.87. The molecule has 38 heavy (non-hydrogen) atoms. The molecule has 4 rings (SSSR count). The Labute approximate surface area is 222 Å². The molecule has 0 saturated heterocycles. The lowest BCUT2D eigenvalue weighted by atomic mass is 9.80. The van der Waals surface area contributed by atoms with Gasteiger partial charge < -0.3 is 14.0 Å². The fourth-order valence-electron chi connectivity index (χ4n) is 4.10. The smallest absolute Gasteiger partial charge is 0.435 e. The van der Waals surface area contributed by atoms with E-state index in [1.54, 1.807) is 12.3 Å². The first-order valence-corrected chi connectivity index (χ1v) is 12.5. The van der Waals surface area contributed by atoms with E-state index in [9.17, 15) is 9.59 Å². The van der Waals surface area contributed by atoms with E-state index in [1.165, 1.54) is 4.68 Å². The van der Waals surface area contributed by atoms with Gasteiger partial charge in [0.05, 0.1) is 5.69 Å². The van der Waals surface area contributed by atoms with Crippen LogP contribution in [-0.2, 0) is 39.9 Å². The van der Waals surface area contributed by atoms with Crippen molar-refractivity contribution in [1.29, 1.82) is 0 Å². The van der Waals surface area contributed by atoms with Crippen LogP contribution in [0.5, 0.6) is 0 Å². The van der Waals surface area contributed by atoms with Gasteiger partial charge in [0, 0.05) is 23.1 Å². The molecule has 2 aromatic carbocycles. The van der Waals surface area contributed by atoms with Gasteiger partial charge in [-0.1, -0.05) is 100 Å². The zero-order valence-corrected chi connectivity index (χ0v) is 22.4. The maximum absolute atomic E-state index is 12.8. The predicted octanol–water partition coefficient (Wildman–Crippen LogP) is 6.23. The lowest BCUT2D eigenvalue weighted by Gasteiger charge is -2.24. The van der Waals surface area contributed by atoms with Gasteiger partial charge in [0.25, 0.3) is 0 Å². The van der Waals surface area contributed by atoms with Gasteiger partial charge in [-0.15, -0.1) is 0 Å². The van der Waals surface area contributed by atoms with E-state index in [0.29, 0.717) is 12.2 Å². The van der Waals surface area contributed by atoms with Crippen molar-refractivity contribution in [2.45, 2.75) is 65.1 Å². The Balaban J connectivity index is 1.47. The molecule has 198 valence electrons. The number of aromatic nitrogens is 3. The van der Waals surface area contributed by atoms with Crippen LogP contribution in [0.15, 0.2) is 77.4 Å². The molecule has 0 radical (unpaired) electrons. The molecule has 2 aromatic heterocycles. The van der Waals surface area contributed by atoms with Crippen molar-refractivity contribution >= 4 is 12.1 Å². The molecule has 0 bridgehead atoms. The fourth-order valence-corrected chi connectivity index (χ4v) is 4.10. The highest BCUT2D eigenvalue weighted by atomic mass is 16.6. The third-order valence-electron chi connectivity index (χ3n) is 6.12. The summed E-state index contributed by atoms with van der Waals surface area (Å²) in [6.45, 7) is 10.4. The van der Waals surface area contributed by atoms with E-state index >= 15 is 0 Å². The van der Waals surface area contributed by atoms with Gasteiger partial charge in [-0.05, 0) is 23.1 Å². The van der Waals surface area contributed by atoms with Crippen molar-refractivity contribution < 1.29 is 23.6 Å². The predicted molar refractivity (Wildman–Crippen MR) is 142 cm³/mol. The largest absolute Gasteiger partial charge is 0.456 e. The molecule has 0 fully saturated rings. The normalized spacial score (nSPS) is 11.8. The Morgan fingerprint density at radius 2 is 1.45 bits per heavy atom. The molecule has 0 aliphatic rings. The maximum atomic E-state index is 12.8. The van der Waals surface area contributed by atoms with Crippen molar-refractivity contribution in [3.63, 3.8) is 0 Å². The Kier molecular flexibility index (Phi) is 7.80. The minimum atomic E-state index is -0.552. The summed E-state index contributed by atoms with van der Waals surface area (Å²) < 4.78 is 17.7. The number of hydrogen-bond donors (Lipinski definition) is 0. The summed E-state index contributed by atoms with van der Waals surface area (Å²) in [6, 6.07) is 20.6. The Bertz CT molecular complexity index is 1380. The number of ether oxygens (including phenoxy) is 2. The van der Waals surface area contributed by atoms with E-state index in [4.69, 9.17) is 14.0 Å². The molecule has 8 heteroatoms. The second-order valence-corrected chi connectivity index (χ2v) is 10.9. The molecule has 8 nitrogen and oxygen atoms in total. The van der Waals surface area contributed by atoms with Crippen LogP contribution in [-0.4, -0.2) is 27.0 Å². The van der Waals surface area contributed by atoms with Crippen LogP contribution in [0, 0.1) is 0 Å². The van der Waals surface area contributed by atoms with Gasteiger partial charge in [-0.25, -0.2) is 9.59 Å². The number of carbonyl (C=O) groups excluding carboxylic acids is 2. The first-order valence-electron chi connectivity index (χ1n) is 12.5. The average molecular weight is 516 g/mol. The number of nitrogens with zero attached hydrogens (tertiary/aromatic N) is 3. The highest BCUT2D eigenvalue weighted by Crippen LogP contribution is 2.33. The molecule has 4 aromatic rings. The third kappa shape index (κ3) is 6.56. The molecule has 0 aliphatic heterocycles. The Morgan fingerprint density at radius 1 is 0.868 bits per heavy atom. The second-order valence-electron chi connectivity index (χ2n) is 10.9. The third-order valence-corrected chi connectivity index (χ3v) is 6.12. The average Bonchev–Trinajstić information content (AvgIpc) is 3.55. The molecular formula is C30H33N3O5. The Morgan fingerprint density at radius 3 is 2.03 bits per heavy atom. The SMILES string of the molecule is CC(C)(C)c1nn(C(=O)OCc2ccccc2)cc1CC(C)(C)c1cc(C(=O)OCc2ccccc2)no1. The van der Waals surface area contributed by atoms with Crippen molar-refractivity contribution in [3.05, 3.63) is 107 Å². The Hall–Kier alpha value is -4.20. The standard InChI is InChI=1S/C30H33N3O5/c1-29(2,3)26-23(18-33(31-26)28(35)37-20-22-14-10-7-11-15-22)17-30(4,5)25-16-24(32-38-25)27(34)36-19-21-12-8-6-9-13-21/h6-16,18H,17,19-20H2,1-5H3. The summed E-state index contributed by atoms with van der Waals surface area (Å²) >= 11 is 0. The van der Waals surface area contributed by atoms with Gasteiger partial charge in [-0.2, -0.15) is 9.78 Å². The van der Waals surface area contributed by atoms with Crippen LogP contribution < -0.4 is 0 Å². The molecule has 0 saturated carbocycles. The van der Waals surface area contributed by atoms with E-state index < -0.39 is 17.5 Å². The number of carbonyl (C=O) groups is 2. The molecule has 0 N–H and O–H groups in total. The van der Waals surface area contributed by atoms with E-state index in [1.807, 2.05) is 95.3 Å². The lowest BCUT2D eigenvalue weighted by Crippen LogP contribution is -2.23. The zero-order chi connectivity index (χ0) is 27.3. The van der Waals surface area contributed by atoms with E-state index in [0.717, 1.165) is 22.4 Å². The summed E-state index contributed by atoms with van der Waals surface area (Å²) in [5, 5.41) is 8.53. The summed E-state index contributed by atoms with van der Waals surface area (Å²) in [5.41, 5.74) is 2.69. The molecule has 0 amide bonds. The first-order chi connectivity index (χ1) is 18.0. The minimum absolute atomic E-state index is 0.111. The second kappa shape index (κ2) is 11.0. The van der Waals surface area contributed by atoms with E-state index in [-0.39, 0.29) is 24.3 Å². The van der Waals surface area contributed by atoms with Crippen LogP contribution in [0.2, 0.25) is 0 Å². The summed E-state index contributed by atoms with van der Waals surface area (Å²) in [5.74, 6) is -0.0209. The van der Waals surface area contributed by atoms with Gasteiger partial charge >= 0.3 is 12.1 Å². The zero-order valence-electron chi connectivity index (χ0n) is 22.4. The number of benzene rings is 2. The summed E-state index contributed by atoms with van der Waals surface area (Å²) in [7, 11) is 0. The van der Waals surface area contributed by atoms with Crippen LogP contribution in [0.25, 0.3) is 0 Å². The summed E-state index contributed by atoms with van der Waals surface area (Å²) in [6.07, 6.45) is 1.66. The van der Waals surface area contributed by atoms with Crippen LogP contribution in [0.1, 0.15) is 73.3 Å². The molecule has 0 aliphatic carbocycles. The van der Waals surface area contributed by atoms with E-state index in [2.05, 4.69) is 10.3 Å². The van der Waals surface area contributed by atoms with Crippen LogP contribution in [0.4, 0.5) is 4.79 Å². The number of hydrogen-bond acceptors (Lipinski definition) is 7. The molecule has 2 heterocycles. The van der Waals surface area contributed by atoms with Crippen molar-refractivity contribution in [1.82, 2.24) is 14.9 Å². The van der Waals surface area contributed by atoms with Crippen molar-refractivity contribution in [3.8, 4) is 0 Å². The van der Waals surface area contributed by atoms with Gasteiger partial charge in [0.2, 0.25) is 0 Å². The first kappa shape index (κ1) is 26.9. The number of rotatable bonds is 8. The highest BCUT2D eigenvalue weighted by Gasteiger charge is 2.33. The number of esters is 1. The molecular weight excluding hydrogens is 482 g/mol. The monoisotopic (exact) mass is 515 g/mol. The summed E-state index contributed by atoms with van der Waals surface area (Å²) in [4.78, 5) is 25.3. The quantitative estimate of drug-likeness (QED) is 0.257. The topological polar surface area (TPSA) is 96.5 Å².